The Morgan fingerprint density at radius 2 is 2.20 bits per heavy atom. The molecule has 0 aliphatic carbocycles. The van der Waals surface area contributed by atoms with Crippen LogP contribution in [0.5, 0.6) is 0 Å². The largest absolute Gasteiger partial charge is 0.383 e. The first kappa shape index (κ1) is 13.9. The highest BCUT2D eigenvalue weighted by molar-refractivity contribution is 6.02. The molecule has 0 saturated heterocycles. The van der Waals surface area contributed by atoms with Crippen LogP contribution in [0.2, 0.25) is 0 Å². The Hall–Kier alpha value is -2.48. The molecule has 0 atom stereocenters. The Morgan fingerprint density at radius 3 is 2.80 bits per heavy atom. The lowest BCUT2D eigenvalue weighted by Gasteiger charge is -2.05. The number of nitrogens with zero attached hydrogens (tertiary/aromatic N) is 3. The Balaban J connectivity index is 1.93. The number of ether oxygens (including phenoxy) is 1. The molecule has 8 heteroatoms. The van der Waals surface area contributed by atoms with E-state index in [0.29, 0.717) is 30.5 Å². The van der Waals surface area contributed by atoms with Gasteiger partial charge in [0.1, 0.15) is 17.3 Å². The Bertz CT molecular complexity index is 567. The van der Waals surface area contributed by atoms with Crippen molar-refractivity contribution in [1.29, 1.82) is 0 Å². The summed E-state index contributed by atoms with van der Waals surface area (Å²) in [6, 6.07) is 1.62. The van der Waals surface area contributed by atoms with Crippen molar-refractivity contribution in [2.45, 2.75) is 6.92 Å². The Morgan fingerprint density at radius 1 is 1.35 bits per heavy atom. The predicted molar refractivity (Wildman–Crippen MR) is 71.6 cm³/mol. The summed E-state index contributed by atoms with van der Waals surface area (Å²) >= 11 is 0. The highest BCUT2D eigenvalue weighted by Crippen LogP contribution is 2.09. The van der Waals surface area contributed by atoms with Crippen molar-refractivity contribution in [3.8, 4) is 0 Å². The van der Waals surface area contributed by atoms with Crippen molar-refractivity contribution >= 4 is 17.5 Å². The third-order valence-corrected chi connectivity index (χ3v) is 2.37. The van der Waals surface area contributed by atoms with E-state index in [4.69, 9.17) is 9.26 Å². The molecule has 8 nitrogen and oxygen atoms in total. The SMILES string of the molecule is COCCNc1cnc(C(=O)Nc2cc(C)on2)cn1. The van der Waals surface area contributed by atoms with Crippen LogP contribution in [-0.4, -0.2) is 41.3 Å². The average molecular weight is 277 g/mol. The van der Waals surface area contributed by atoms with Gasteiger partial charge in [-0.2, -0.15) is 0 Å². The minimum absolute atomic E-state index is 0.197. The van der Waals surface area contributed by atoms with Crippen LogP contribution in [0.25, 0.3) is 0 Å². The molecular formula is C12H15N5O3. The van der Waals surface area contributed by atoms with Crippen LogP contribution in [0.3, 0.4) is 0 Å². The van der Waals surface area contributed by atoms with E-state index >= 15 is 0 Å². The van der Waals surface area contributed by atoms with Crippen molar-refractivity contribution in [3.05, 3.63) is 29.9 Å². The number of hydrogen-bond acceptors (Lipinski definition) is 7. The number of carbonyl (C=O) groups excluding carboxylic acids is 1. The summed E-state index contributed by atoms with van der Waals surface area (Å²) in [6.07, 6.45) is 2.87. The molecule has 0 spiro atoms. The molecular weight excluding hydrogens is 262 g/mol. The fraction of sp³-hybridized carbons (Fsp3) is 0.333. The van der Waals surface area contributed by atoms with Crippen molar-refractivity contribution in [2.24, 2.45) is 0 Å². The van der Waals surface area contributed by atoms with Gasteiger partial charge >= 0.3 is 0 Å². The minimum Gasteiger partial charge on any atom is -0.383 e. The van der Waals surface area contributed by atoms with Gasteiger partial charge < -0.3 is 19.9 Å². The second-order valence-electron chi connectivity index (χ2n) is 3.98. The first-order valence-electron chi connectivity index (χ1n) is 5.98. The summed E-state index contributed by atoms with van der Waals surface area (Å²) < 4.78 is 9.76. The molecule has 0 aromatic carbocycles. The first-order valence-corrected chi connectivity index (χ1v) is 5.98. The number of rotatable bonds is 6. The van der Waals surface area contributed by atoms with E-state index in [9.17, 15) is 4.79 Å². The molecule has 0 radical (unpaired) electrons. The molecule has 20 heavy (non-hydrogen) atoms. The molecule has 0 aliphatic rings. The van der Waals surface area contributed by atoms with Crippen LogP contribution in [-0.2, 0) is 4.74 Å². The number of nitrogens with one attached hydrogen (secondary N) is 2. The smallest absolute Gasteiger partial charge is 0.277 e. The highest BCUT2D eigenvalue weighted by atomic mass is 16.5. The third kappa shape index (κ3) is 3.75. The van der Waals surface area contributed by atoms with Gasteiger partial charge in [-0.3, -0.25) is 4.79 Å². The quantitative estimate of drug-likeness (QED) is 0.762. The topological polar surface area (TPSA) is 102 Å². The zero-order chi connectivity index (χ0) is 14.4. The van der Waals surface area contributed by atoms with Crippen molar-refractivity contribution in [1.82, 2.24) is 15.1 Å². The van der Waals surface area contributed by atoms with Gasteiger partial charge in [0, 0.05) is 19.7 Å². The fourth-order valence-electron chi connectivity index (χ4n) is 1.42. The third-order valence-electron chi connectivity index (χ3n) is 2.37. The summed E-state index contributed by atoms with van der Waals surface area (Å²) in [6.45, 7) is 2.92. The highest BCUT2D eigenvalue weighted by Gasteiger charge is 2.10. The van der Waals surface area contributed by atoms with Crippen LogP contribution in [0.4, 0.5) is 11.6 Å². The van der Waals surface area contributed by atoms with Gasteiger partial charge in [-0.25, -0.2) is 9.97 Å². The van der Waals surface area contributed by atoms with Crippen LogP contribution < -0.4 is 10.6 Å². The predicted octanol–water partition coefficient (Wildman–Crippen LogP) is 1.08. The fourth-order valence-corrected chi connectivity index (χ4v) is 1.42. The standard InChI is InChI=1S/C12H15N5O3/c1-8-5-10(17-20-8)16-12(18)9-6-15-11(7-14-9)13-3-4-19-2/h5-7H,3-4H2,1-2H3,(H,13,15)(H,16,17,18). The van der Waals surface area contributed by atoms with Gasteiger partial charge in [0.25, 0.3) is 5.91 Å². The number of anilines is 2. The van der Waals surface area contributed by atoms with Gasteiger partial charge in [-0.15, -0.1) is 0 Å². The van der Waals surface area contributed by atoms with Crippen molar-refractivity contribution in [3.63, 3.8) is 0 Å². The molecule has 2 N–H and O–H groups in total. The van der Waals surface area contributed by atoms with Gasteiger partial charge in [0.2, 0.25) is 0 Å². The van der Waals surface area contributed by atoms with E-state index in [1.807, 2.05) is 0 Å². The first-order chi connectivity index (χ1) is 9.69. The number of carbonyl (C=O) groups is 1. The molecule has 0 unspecified atom stereocenters. The lowest BCUT2D eigenvalue weighted by atomic mass is 10.4. The number of aromatic nitrogens is 3. The molecule has 0 fully saturated rings. The molecule has 106 valence electrons. The van der Waals surface area contributed by atoms with E-state index in [0.717, 1.165) is 0 Å². The number of methoxy groups -OCH3 is 1. The second kappa shape index (κ2) is 6.62. The average Bonchev–Trinajstić information content (AvgIpc) is 2.85. The van der Waals surface area contributed by atoms with E-state index in [2.05, 4.69) is 25.8 Å². The van der Waals surface area contributed by atoms with E-state index in [1.54, 1.807) is 20.1 Å². The van der Waals surface area contributed by atoms with E-state index < -0.39 is 5.91 Å². The lowest BCUT2D eigenvalue weighted by Crippen LogP contribution is -2.15. The lowest BCUT2D eigenvalue weighted by molar-refractivity contribution is 0.102. The van der Waals surface area contributed by atoms with Crippen LogP contribution in [0, 0.1) is 6.92 Å². The molecule has 2 rings (SSSR count). The summed E-state index contributed by atoms with van der Waals surface area (Å²) in [4.78, 5) is 20.0. The molecule has 1 amide bonds. The summed E-state index contributed by atoms with van der Waals surface area (Å²) in [5.74, 6) is 1.14. The van der Waals surface area contributed by atoms with E-state index in [-0.39, 0.29) is 5.69 Å². The summed E-state index contributed by atoms with van der Waals surface area (Å²) in [7, 11) is 1.62. The normalized spacial score (nSPS) is 10.3. The maximum absolute atomic E-state index is 11.9. The maximum atomic E-state index is 11.9. The number of aryl methyl sites for hydroxylation is 1. The molecule has 2 aromatic rings. The van der Waals surface area contributed by atoms with Gasteiger partial charge in [0.15, 0.2) is 5.82 Å². The zero-order valence-electron chi connectivity index (χ0n) is 11.2. The number of hydrogen-bond donors (Lipinski definition) is 2. The Labute approximate surface area is 115 Å². The summed E-state index contributed by atoms with van der Waals surface area (Å²) in [5.41, 5.74) is 0.197. The molecule has 2 aromatic heterocycles. The van der Waals surface area contributed by atoms with Crippen molar-refractivity contribution in [2.75, 3.05) is 30.9 Å². The van der Waals surface area contributed by atoms with Crippen molar-refractivity contribution < 1.29 is 14.1 Å². The van der Waals surface area contributed by atoms with E-state index in [1.165, 1.54) is 12.4 Å². The minimum atomic E-state index is -0.394. The molecule has 0 saturated carbocycles. The van der Waals surface area contributed by atoms with Gasteiger partial charge in [0.05, 0.1) is 19.0 Å². The van der Waals surface area contributed by atoms with Crippen LogP contribution >= 0.6 is 0 Å². The molecule has 0 bridgehead atoms. The monoisotopic (exact) mass is 277 g/mol. The zero-order valence-corrected chi connectivity index (χ0v) is 11.2. The number of amides is 1. The van der Waals surface area contributed by atoms with Crippen LogP contribution in [0.1, 0.15) is 16.2 Å². The maximum Gasteiger partial charge on any atom is 0.277 e. The summed E-state index contributed by atoms with van der Waals surface area (Å²) in [5, 5.41) is 9.24. The van der Waals surface area contributed by atoms with Gasteiger partial charge in [-0.05, 0) is 6.92 Å². The molecule has 0 aliphatic heterocycles. The van der Waals surface area contributed by atoms with Crippen LogP contribution in [0.15, 0.2) is 23.0 Å². The molecule has 2 heterocycles. The van der Waals surface area contributed by atoms with Gasteiger partial charge in [-0.1, -0.05) is 5.16 Å². The second-order valence-corrected chi connectivity index (χ2v) is 3.98. The Kier molecular flexibility index (Phi) is 4.61.